The smallest absolute Gasteiger partial charge is 0.125 e. The normalized spacial score (nSPS) is 10.8. The lowest BCUT2D eigenvalue weighted by atomic mass is 9.98. The third-order valence-electron chi connectivity index (χ3n) is 3.38. The molecule has 0 atom stereocenters. The monoisotopic (exact) mass is 254 g/mol. The average Bonchev–Trinajstić information content (AvgIpc) is 2.38. The van der Waals surface area contributed by atoms with Crippen molar-refractivity contribution in [3.8, 4) is 5.75 Å². The maximum atomic E-state index is 5.99. The van der Waals surface area contributed by atoms with E-state index in [4.69, 9.17) is 4.74 Å². The van der Waals surface area contributed by atoms with Gasteiger partial charge in [0.25, 0.3) is 0 Å². The van der Waals surface area contributed by atoms with E-state index < -0.39 is 0 Å². The number of hydrogen-bond donors (Lipinski definition) is 0. The van der Waals surface area contributed by atoms with E-state index >= 15 is 0 Å². The van der Waals surface area contributed by atoms with Crippen LogP contribution < -0.4 is 4.74 Å². The zero-order valence-corrected chi connectivity index (χ0v) is 12.2. The molecule has 19 heavy (non-hydrogen) atoms. The summed E-state index contributed by atoms with van der Waals surface area (Å²) in [7, 11) is 0. The Hall–Kier alpha value is -1.76. The Balaban J connectivity index is 2.17. The minimum absolute atomic E-state index is 0.556. The third kappa shape index (κ3) is 3.37. The summed E-state index contributed by atoms with van der Waals surface area (Å²) in [5.74, 6) is 1.58. The lowest BCUT2D eigenvalue weighted by molar-refractivity contribution is 0.302. The van der Waals surface area contributed by atoms with Crippen LogP contribution in [-0.4, -0.2) is 0 Å². The summed E-state index contributed by atoms with van der Waals surface area (Å²) >= 11 is 0. The van der Waals surface area contributed by atoms with Gasteiger partial charge in [0.15, 0.2) is 0 Å². The quantitative estimate of drug-likeness (QED) is 0.745. The molecule has 1 heteroatoms. The average molecular weight is 254 g/mol. The van der Waals surface area contributed by atoms with Gasteiger partial charge in [-0.15, -0.1) is 0 Å². The first kappa shape index (κ1) is 13.7. The highest BCUT2D eigenvalue weighted by Gasteiger charge is 2.08. The van der Waals surface area contributed by atoms with Crippen LogP contribution in [0.25, 0.3) is 0 Å². The number of hydrogen-bond acceptors (Lipinski definition) is 1. The van der Waals surface area contributed by atoms with Gasteiger partial charge in [0.2, 0.25) is 0 Å². The summed E-state index contributed by atoms with van der Waals surface area (Å²) in [6.45, 7) is 9.32. The molecule has 0 aromatic heterocycles. The minimum Gasteiger partial charge on any atom is -0.488 e. The van der Waals surface area contributed by atoms with Crippen molar-refractivity contribution in [2.75, 3.05) is 0 Å². The fourth-order valence-corrected chi connectivity index (χ4v) is 2.27. The van der Waals surface area contributed by atoms with Gasteiger partial charge in [-0.3, -0.25) is 0 Å². The molecule has 0 aliphatic heterocycles. The lowest BCUT2D eigenvalue weighted by Gasteiger charge is -2.15. The van der Waals surface area contributed by atoms with E-state index in [2.05, 4.69) is 52.0 Å². The Labute approximate surface area is 116 Å². The van der Waals surface area contributed by atoms with Gasteiger partial charge in [0.05, 0.1) is 0 Å². The molecular weight excluding hydrogens is 232 g/mol. The van der Waals surface area contributed by atoms with E-state index in [1.807, 2.05) is 18.2 Å². The molecule has 0 saturated carbocycles. The first-order chi connectivity index (χ1) is 9.08. The fourth-order valence-electron chi connectivity index (χ4n) is 2.27. The second-order valence-corrected chi connectivity index (χ2v) is 5.41. The van der Waals surface area contributed by atoms with Gasteiger partial charge in [-0.25, -0.2) is 0 Å². The Morgan fingerprint density at radius 2 is 1.53 bits per heavy atom. The number of rotatable bonds is 4. The molecule has 0 amide bonds. The molecule has 2 aromatic carbocycles. The number of aryl methyl sites for hydroxylation is 2. The molecule has 0 unspecified atom stereocenters. The highest BCUT2D eigenvalue weighted by Crippen LogP contribution is 2.28. The fraction of sp³-hybridized carbons (Fsp3) is 0.333. The molecule has 0 heterocycles. The van der Waals surface area contributed by atoms with Crippen LogP contribution >= 0.6 is 0 Å². The van der Waals surface area contributed by atoms with Gasteiger partial charge >= 0.3 is 0 Å². The SMILES string of the molecule is Cc1cc(C(C)C)cc(C)c1OCc1ccccc1. The van der Waals surface area contributed by atoms with Crippen LogP contribution in [0.4, 0.5) is 0 Å². The first-order valence-electron chi connectivity index (χ1n) is 6.86. The van der Waals surface area contributed by atoms with E-state index in [1.165, 1.54) is 22.3 Å². The second kappa shape index (κ2) is 5.92. The topological polar surface area (TPSA) is 9.23 Å². The minimum atomic E-state index is 0.556. The number of ether oxygens (including phenoxy) is 1. The van der Waals surface area contributed by atoms with Crippen LogP contribution in [0, 0.1) is 13.8 Å². The molecule has 0 radical (unpaired) electrons. The van der Waals surface area contributed by atoms with Crippen molar-refractivity contribution in [3.05, 3.63) is 64.7 Å². The standard InChI is InChI=1S/C18H22O/c1-13(2)17-10-14(3)18(15(4)11-17)19-12-16-8-6-5-7-9-16/h5-11,13H,12H2,1-4H3. The van der Waals surface area contributed by atoms with Crippen LogP contribution in [0.1, 0.15) is 42.0 Å². The molecule has 0 saturated heterocycles. The lowest BCUT2D eigenvalue weighted by Crippen LogP contribution is -2.00. The maximum absolute atomic E-state index is 5.99. The van der Waals surface area contributed by atoms with Crippen LogP contribution in [0.3, 0.4) is 0 Å². The van der Waals surface area contributed by atoms with E-state index in [9.17, 15) is 0 Å². The van der Waals surface area contributed by atoms with Gasteiger partial charge in [-0.2, -0.15) is 0 Å². The predicted molar refractivity (Wildman–Crippen MR) is 80.8 cm³/mol. The summed E-state index contributed by atoms with van der Waals surface area (Å²) in [6, 6.07) is 14.8. The van der Waals surface area contributed by atoms with E-state index in [0.717, 1.165) is 5.75 Å². The van der Waals surface area contributed by atoms with Gasteiger partial charge in [-0.05, 0) is 42.0 Å². The zero-order chi connectivity index (χ0) is 13.8. The maximum Gasteiger partial charge on any atom is 0.125 e. The van der Waals surface area contributed by atoms with E-state index in [1.54, 1.807) is 0 Å². The molecule has 0 aliphatic carbocycles. The van der Waals surface area contributed by atoms with E-state index in [0.29, 0.717) is 12.5 Å². The van der Waals surface area contributed by atoms with Crippen LogP contribution in [0.2, 0.25) is 0 Å². The Morgan fingerprint density at radius 3 is 2.05 bits per heavy atom. The van der Waals surface area contributed by atoms with Crippen molar-refractivity contribution in [1.29, 1.82) is 0 Å². The van der Waals surface area contributed by atoms with Crippen LogP contribution in [-0.2, 0) is 6.61 Å². The Bertz CT molecular complexity index is 518. The first-order valence-corrected chi connectivity index (χ1v) is 6.86. The van der Waals surface area contributed by atoms with Crippen molar-refractivity contribution in [3.63, 3.8) is 0 Å². The largest absolute Gasteiger partial charge is 0.488 e. The molecule has 2 aromatic rings. The Morgan fingerprint density at radius 1 is 0.947 bits per heavy atom. The van der Waals surface area contributed by atoms with Gasteiger partial charge in [0, 0.05) is 0 Å². The molecule has 0 spiro atoms. The molecule has 0 fully saturated rings. The summed E-state index contributed by atoms with van der Waals surface area (Å²) < 4.78 is 5.99. The van der Waals surface area contributed by atoms with Crippen molar-refractivity contribution in [2.45, 2.75) is 40.2 Å². The predicted octanol–water partition coefficient (Wildman–Crippen LogP) is 5.01. The third-order valence-corrected chi connectivity index (χ3v) is 3.38. The van der Waals surface area contributed by atoms with Crippen LogP contribution in [0.15, 0.2) is 42.5 Å². The van der Waals surface area contributed by atoms with Gasteiger partial charge < -0.3 is 4.74 Å². The van der Waals surface area contributed by atoms with Gasteiger partial charge in [-0.1, -0.05) is 56.3 Å². The highest BCUT2D eigenvalue weighted by atomic mass is 16.5. The zero-order valence-electron chi connectivity index (χ0n) is 12.2. The second-order valence-electron chi connectivity index (χ2n) is 5.41. The highest BCUT2D eigenvalue weighted by molar-refractivity contribution is 5.44. The molecule has 1 nitrogen and oxygen atoms in total. The Kier molecular flexibility index (Phi) is 4.26. The molecule has 0 N–H and O–H groups in total. The summed E-state index contributed by atoms with van der Waals surface area (Å²) in [5.41, 5.74) is 5.02. The summed E-state index contributed by atoms with van der Waals surface area (Å²) in [6.07, 6.45) is 0. The molecular formula is C18H22O. The van der Waals surface area contributed by atoms with E-state index in [-0.39, 0.29) is 0 Å². The molecule has 0 aliphatic rings. The molecule has 2 rings (SSSR count). The van der Waals surface area contributed by atoms with Crippen LogP contribution in [0.5, 0.6) is 5.75 Å². The van der Waals surface area contributed by atoms with Gasteiger partial charge in [0.1, 0.15) is 12.4 Å². The molecule has 100 valence electrons. The number of benzene rings is 2. The summed E-state index contributed by atoms with van der Waals surface area (Å²) in [4.78, 5) is 0. The van der Waals surface area contributed by atoms with Crippen molar-refractivity contribution >= 4 is 0 Å². The summed E-state index contributed by atoms with van der Waals surface area (Å²) in [5, 5.41) is 0. The molecule has 0 bridgehead atoms. The van der Waals surface area contributed by atoms with Crippen molar-refractivity contribution < 1.29 is 4.74 Å². The van der Waals surface area contributed by atoms with Crippen molar-refractivity contribution in [2.24, 2.45) is 0 Å². The van der Waals surface area contributed by atoms with Crippen molar-refractivity contribution in [1.82, 2.24) is 0 Å².